The van der Waals surface area contributed by atoms with Gasteiger partial charge in [-0.25, -0.2) is 5.43 Å². The van der Waals surface area contributed by atoms with E-state index in [-0.39, 0.29) is 11.3 Å². The minimum Gasteiger partial charge on any atom is -0.281 e. The number of aromatic nitrogens is 2. The number of nitrogens with zero attached hydrogens (tertiary/aromatic N) is 2. The quantitative estimate of drug-likeness (QED) is 0.605. The number of hydrogen-bond acceptors (Lipinski definition) is 3. The van der Waals surface area contributed by atoms with Gasteiger partial charge in [0.1, 0.15) is 0 Å². The molecular weight excluding hydrogens is 348 g/mol. The van der Waals surface area contributed by atoms with Gasteiger partial charge in [0.2, 0.25) is 0 Å². The zero-order valence-corrected chi connectivity index (χ0v) is 16.0. The summed E-state index contributed by atoms with van der Waals surface area (Å²) in [6.45, 7) is 0. The van der Waals surface area contributed by atoms with Gasteiger partial charge < -0.3 is 0 Å². The lowest BCUT2D eigenvalue weighted by Crippen LogP contribution is -2.48. The molecule has 6 rings (SSSR count). The van der Waals surface area contributed by atoms with E-state index in [2.05, 4.69) is 20.7 Å². The lowest BCUT2D eigenvalue weighted by atomic mass is 9.49. The molecule has 144 valence electrons. The lowest BCUT2D eigenvalue weighted by molar-refractivity contribution is -0.00721. The Morgan fingerprint density at radius 2 is 1.79 bits per heavy atom. The largest absolute Gasteiger partial charge is 0.291 e. The molecule has 1 heterocycles. The summed E-state index contributed by atoms with van der Waals surface area (Å²) in [6, 6.07) is 11.9. The summed E-state index contributed by atoms with van der Waals surface area (Å²) in [6.07, 6.45) is 13.3. The number of benzene rings is 1. The number of hydrazone groups is 1. The Balaban J connectivity index is 1.22. The molecule has 4 bridgehead atoms. The zero-order valence-electron chi connectivity index (χ0n) is 16.0. The molecule has 0 spiro atoms. The third-order valence-corrected chi connectivity index (χ3v) is 6.84. The Hall–Kier alpha value is -2.69. The molecule has 4 fully saturated rings. The Kier molecular flexibility index (Phi) is 4.38. The van der Waals surface area contributed by atoms with E-state index in [9.17, 15) is 4.79 Å². The topological polar surface area (TPSA) is 70.1 Å². The molecule has 4 aliphatic rings. The number of carbonyl (C=O) groups is 1. The average Bonchev–Trinajstić information content (AvgIpc) is 3.19. The third-order valence-electron chi connectivity index (χ3n) is 6.84. The highest BCUT2D eigenvalue weighted by molar-refractivity contribution is 5.93. The number of aromatic amines is 1. The molecule has 0 atom stereocenters. The van der Waals surface area contributed by atoms with Crippen molar-refractivity contribution in [3.63, 3.8) is 0 Å². The molecule has 4 aliphatic carbocycles. The number of amides is 1. The first-order valence-electron chi connectivity index (χ1n) is 10.3. The molecule has 0 unspecified atom stereocenters. The number of allylic oxidation sites excluding steroid dienone is 1. The number of carbonyl (C=O) groups excluding carboxylic acids is 1. The standard InChI is InChI=1S/C23H26N4O/c28-22(27-24-8-4-7-16-5-2-1-3-6-16)20-12-21(26-25-20)23-13-17-9-18(14-23)11-19(10-17)15-23/h1-8,12,17-19H,9-11,13-15H2,(H,25,26)(H,27,28)/b7-4+,24-8?. The van der Waals surface area contributed by atoms with E-state index in [4.69, 9.17) is 0 Å². The van der Waals surface area contributed by atoms with Crippen LogP contribution in [0, 0.1) is 17.8 Å². The van der Waals surface area contributed by atoms with Crippen LogP contribution in [0.3, 0.4) is 0 Å². The van der Waals surface area contributed by atoms with Crippen LogP contribution in [0.5, 0.6) is 0 Å². The number of hydrogen-bond donors (Lipinski definition) is 2. The van der Waals surface area contributed by atoms with Gasteiger partial charge in [0.25, 0.3) is 5.91 Å². The summed E-state index contributed by atoms with van der Waals surface area (Å²) in [5.74, 6) is 2.34. The molecule has 0 saturated heterocycles. The van der Waals surface area contributed by atoms with E-state index in [1.165, 1.54) is 38.5 Å². The second kappa shape index (κ2) is 7.04. The van der Waals surface area contributed by atoms with Crippen LogP contribution in [0.1, 0.15) is 60.3 Å². The van der Waals surface area contributed by atoms with Crippen molar-refractivity contribution >= 4 is 18.2 Å². The molecule has 5 heteroatoms. The van der Waals surface area contributed by atoms with E-state index in [1.54, 1.807) is 12.3 Å². The van der Waals surface area contributed by atoms with Gasteiger partial charge in [-0.15, -0.1) is 0 Å². The van der Waals surface area contributed by atoms with Gasteiger partial charge in [-0.05, 0) is 74.0 Å². The summed E-state index contributed by atoms with van der Waals surface area (Å²) in [5, 5.41) is 11.5. The van der Waals surface area contributed by atoms with Crippen LogP contribution >= 0.6 is 0 Å². The Bertz CT molecular complexity index is 876. The van der Waals surface area contributed by atoms with Crippen molar-refractivity contribution in [3.05, 3.63) is 59.4 Å². The maximum absolute atomic E-state index is 12.4. The van der Waals surface area contributed by atoms with Crippen molar-refractivity contribution in [1.82, 2.24) is 15.6 Å². The third kappa shape index (κ3) is 3.30. The van der Waals surface area contributed by atoms with Crippen molar-refractivity contribution in [3.8, 4) is 0 Å². The van der Waals surface area contributed by atoms with Gasteiger partial charge in [-0.1, -0.05) is 36.4 Å². The van der Waals surface area contributed by atoms with Crippen LogP contribution in [-0.2, 0) is 5.41 Å². The predicted octanol–water partition coefficient (Wildman–Crippen LogP) is 4.31. The van der Waals surface area contributed by atoms with E-state index < -0.39 is 0 Å². The summed E-state index contributed by atoms with van der Waals surface area (Å²) in [7, 11) is 0. The maximum Gasteiger partial charge on any atom is 0.291 e. The minimum absolute atomic E-state index is 0.224. The van der Waals surface area contributed by atoms with E-state index >= 15 is 0 Å². The number of nitrogens with one attached hydrogen (secondary N) is 2. The van der Waals surface area contributed by atoms with Crippen LogP contribution in [0.4, 0.5) is 0 Å². The Morgan fingerprint density at radius 3 is 2.46 bits per heavy atom. The van der Waals surface area contributed by atoms with Crippen molar-refractivity contribution in [1.29, 1.82) is 0 Å². The number of rotatable bonds is 5. The monoisotopic (exact) mass is 374 g/mol. The molecule has 2 aromatic rings. The summed E-state index contributed by atoms with van der Waals surface area (Å²) < 4.78 is 0. The van der Waals surface area contributed by atoms with Gasteiger partial charge >= 0.3 is 0 Å². The molecule has 1 aromatic heterocycles. The van der Waals surface area contributed by atoms with Gasteiger partial charge in [0.15, 0.2) is 5.69 Å². The second-order valence-corrected chi connectivity index (χ2v) is 8.85. The smallest absolute Gasteiger partial charge is 0.281 e. The Morgan fingerprint density at radius 1 is 1.11 bits per heavy atom. The first-order chi connectivity index (χ1) is 13.7. The van der Waals surface area contributed by atoms with E-state index in [1.807, 2.05) is 42.5 Å². The van der Waals surface area contributed by atoms with Gasteiger partial charge in [-0.3, -0.25) is 9.89 Å². The molecule has 0 aliphatic heterocycles. The van der Waals surface area contributed by atoms with Crippen LogP contribution in [0.15, 0.2) is 47.6 Å². The fourth-order valence-electron chi connectivity index (χ4n) is 6.06. The highest BCUT2D eigenvalue weighted by Gasteiger charge is 2.52. The lowest BCUT2D eigenvalue weighted by Gasteiger charge is -2.56. The molecule has 28 heavy (non-hydrogen) atoms. The summed E-state index contributed by atoms with van der Waals surface area (Å²) in [4.78, 5) is 12.4. The Labute approximate surface area is 165 Å². The first kappa shape index (κ1) is 17.4. The molecule has 1 aromatic carbocycles. The zero-order chi connectivity index (χ0) is 19.0. The minimum atomic E-state index is -0.267. The van der Waals surface area contributed by atoms with E-state index in [0.717, 1.165) is 29.0 Å². The highest BCUT2D eigenvalue weighted by Crippen LogP contribution is 2.60. The van der Waals surface area contributed by atoms with Gasteiger partial charge in [-0.2, -0.15) is 10.2 Å². The predicted molar refractivity (Wildman–Crippen MR) is 110 cm³/mol. The SMILES string of the molecule is O=C(NN=C/C=C/c1ccccc1)c1cc(C23CC4CC(CC(C4)C2)C3)[nH]n1. The molecular formula is C23H26N4O. The second-order valence-electron chi connectivity index (χ2n) is 8.85. The highest BCUT2D eigenvalue weighted by atomic mass is 16.2. The normalized spacial score (nSPS) is 31.1. The van der Waals surface area contributed by atoms with Crippen molar-refractivity contribution < 1.29 is 4.79 Å². The van der Waals surface area contributed by atoms with Gasteiger partial charge in [0.05, 0.1) is 0 Å². The maximum atomic E-state index is 12.4. The van der Waals surface area contributed by atoms with Crippen molar-refractivity contribution in [2.45, 2.75) is 43.9 Å². The van der Waals surface area contributed by atoms with Crippen molar-refractivity contribution in [2.75, 3.05) is 0 Å². The molecule has 1 amide bonds. The average molecular weight is 374 g/mol. The van der Waals surface area contributed by atoms with Crippen LogP contribution in [0.2, 0.25) is 0 Å². The van der Waals surface area contributed by atoms with Crippen LogP contribution in [0.25, 0.3) is 6.08 Å². The molecule has 5 nitrogen and oxygen atoms in total. The van der Waals surface area contributed by atoms with Gasteiger partial charge in [0, 0.05) is 17.3 Å². The van der Waals surface area contributed by atoms with Crippen molar-refractivity contribution in [2.24, 2.45) is 22.9 Å². The molecule has 2 N–H and O–H groups in total. The first-order valence-corrected chi connectivity index (χ1v) is 10.3. The fraction of sp³-hybridized carbons (Fsp3) is 0.435. The van der Waals surface area contributed by atoms with Crippen LogP contribution < -0.4 is 5.43 Å². The number of H-pyrrole nitrogens is 1. The summed E-state index contributed by atoms with van der Waals surface area (Å²) in [5.41, 5.74) is 5.47. The summed E-state index contributed by atoms with van der Waals surface area (Å²) >= 11 is 0. The van der Waals surface area contributed by atoms with E-state index in [0.29, 0.717) is 5.69 Å². The fourth-order valence-corrected chi connectivity index (χ4v) is 6.06. The van der Waals surface area contributed by atoms with Crippen LogP contribution in [-0.4, -0.2) is 22.3 Å². The molecule has 4 saturated carbocycles. The molecule has 0 radical (unpaired) electrons.